The van der Waals surface area contributed by atoms with Crippen molar-refractivity contribution >= 4 is 21.7 Å². The van der Waals surface area contributed by atoms with E-state index in [1.807, 2.05) is 0 Å². The molecule has 0 aliphatic heterocycles. The maximum absolute atomic E-state index is 14.8. The van der Waals surface area contributed by atoms with Crippen molar-refractivity contribution in [2.75, 3.05) is 0 Å². The topological polar surface area (TPSA) is 79.5 Å². The molecule has 35 heavy (non-hydrogen) atoms. The van der Waals surface area contributed by atoms with Crippen molar-refractivity contribution in [3.8, 4) is 22.9 Å². The smallest absolute Gasteiger partial charge is 0.431 e. The highest BCUT2D eigenvalue weighted by atomic mass is 79.9. The van der Waals surface area contributed by atoms with E-state index in [-0.39, 0.29) is 42.7 Å². The Hall–Kier alpha value is -3.41. The molecule has 0 spiro atoms. The Morgan fingerprint density at radius 1 is 1.09 bits per heavy atom. The first-order valence-electron chi connectivity index (χ1n) is 10.2. The van der Waals surface area contributed by atoms with E-state index in [4.69, 9.17) is 9.47 Å². The van der Waals surface area contributed by atoms with Gasteiger partial charge in [0.2, 0.25) is 0 Å². The third-order valence-corrected chi connectivity index (χ3v) is 5.64. The van der Waals surface area contributed by atoms with E-state index in [1.54, 1.807) is 25.1 Å². The first-order chi connectivity index (χ1) is 16.3. The number of halogens is 5. The second kappa shape index (κ2) is 10.1. The lowest BCUT2D eigenvalue weighted by molar-refractivity contribution is -0.144. The highest BCUT2D eigenvalue weighted by Crippen LogP contribution is 2.37. The number of ether oxygens (including phenoxy) is 2. The Morgan fingerprint density at radius 2 is 1.71 bits per heavy atom. The van der Waals surface area contributed by atoms with Crippen LogP contribution in [0.25, 0.3) is 5.69 Å². The molecule has 0 aliphatic rings. The summed E-state index contributed by atoms with van der Waals surface area (Å²) < 4.78 is 66.3. The van der Waals surface area contributed by atoms with Gasteiger partial charge in [0.05, 0.1) is 10.2 Å². The van der Waals surface area contributed by atoms with E-state index in [2.05, 4.69) is 15.9 Å². The van der Waals surface area contributed by atoms with Gasteiger partial charge in [-0.25, -0.2) is 13.8 Å². The molecule has 0 bridgehead atoms. The highest BCUT2D eigenvalue weighted by Gasteiger charge is 2.35. The van der Waals surface area contributed by atoms with Gasteiger partial charge in [0.15, 0.2) is 23.4 Å². The van der Waals surface area contributed by atoms with Crippen molar-refractivity contribution in [1.82, 2.24) is 9.13 Å². The molecule has 0 radical (unpaired) electrons. The largest absolute Gasteiger partial charge is 0.479 e. The Balaban J connectivity index is 2.11. The third-order valence-electron chi connectivity index (χ3n) is 5.02. The summed E-state index contributed by atoms with van der Waals surface area (Å²) in [5.74, 6) is -0.990. The van der Waals surface area contributed by atoms with Crippen LogP contribution in [0.1, 0.15) is 26.0 Å². The Morgan fingerprint density at radius 3 is 2.29 bits per heavy atom. The van der Waals surface area contributed by atoms with Gasteiger partial charge in [-0.2, -0.15) is 13.2 Å². The minimum atomic E-state index is -4.96. The second-order valence-corrected chi connectivity index (χ2v) is 8.31. The summed E-state index contributed by atoms with van der Waals surface area (Å²) in [6, 6.07) is 8.43. The zero-order chi connectivity index (χ0) is 26.1. The number of para-hydroxylation sites is 2. The number of Topliss-reactive ketones (excluding diaryl/α,β-unsaturated/α-hetero) is 1. The van der Waals surface area contributed by atoms with Crippen LogP contribution in [-0.2, 0) is 18.0 Å². The molecule has 7 nitrogen and oxygen atoms in total. The number of aromatic nitrogens is 2. The molecule has 1 heterocycles. The minimum absolute atomic E-state index is 0.0674. The van der Waals surface area contributed by atoms with Gasteiger partial charge in [-0.05, 0) is 47.5 Å². The second-order valence-electron chi connectivity index (χ2n) is 7.45. The fourth-order valence-electron chi connectivity index (χ4n) is 3.24. The van der Waals surface area contributed by atoms with Gasteiger partial charge < -0.3 is 9.47 Å². The van der Waals surface area contributed by atoms with E-state index in [9.17, 15) is 31.9 Å². The number of alkyl halides is 3. The lowest BCUT2D eigenvalue weighted by atomic mass is 10.2. The van der Waals surface area contributed by atoms with E-state index in [0.717, 1.165) is 19.2 Å². The van der Waals surface area contributed by atoms with Gasteiger partial charge >= 0.3 is 11.9 Å². The lowest BCUT2D eigenvalue weighted by Gasteiger charge is -2.19. The Bertz CT molecular complexity index is 1400. The molecule has 0 amide bonds. The summed E-state index contributed by atoms with van der Waals surface area (Å²) in [4.78, 5) is 36.8. The van der Waals surface area contributed by atoms with Crippen LogP contribution < -0.4 is 20.7 Å². The number of benzene rings is 2. The van der Waals surface area contributed by atoms with Crippen LogP contribution in [0.15, 0.2) is 56.5 Å². The summed E-state index contributed by atoms with van der Waals surface area (Å²) in [7, 11) is 0.821. The van der Waals surface area contributed by atoms with Crippen LogP contribution in [0.2, 0.25) is 0 Å². The predicted molar refractivity (Wildman–Crippen MR) is 122 cm³/mol. The highest BCUT2D eigenvalue weighted by molar-refractivity contribution is 9.10. The summed E-state index contributed by atoms with van der Waals surface area (Å²) in [5, 5.41) is 0. The monoisotopic (exact) mass is 558 g/mol. The number of hydrogen-bond acceptors (Lipinski definition) is 5. The molecule has 1 atom stereocenters. The van der Waals surface area contributed by atoms with Crippen LogP contribution in [0, 0.1) is 5.82 Å². The van der Waals surface area contributed by atoms with Gasteiger partial charge in [-0.15, -0.1) is 0 Å². The first-order valence-corrected chi connectivity index (χ1v) is 11.0. The average molecular weight is 559 g/mol. The van der Waals surface area contributed by atoms with Crippen LogP contribution in [-0.4, -0.2) is 21.0 Å². The molecule has 1 unspecified atom stereocenters. The molecular formula is C23H19BrF4N2O5. The lowest BCUT2D eigenvalue weighted by Crippen LogP contribution is -2.41. The van der Waals surface area contributed by atoms with Crippen LogP contribution >= 0.6 is 15.9 Å². The zero-order valence-corrected chi connectivity index (χ0v) is 20.2. The van der Waals surface area contributed by atoms with Crippen molar-refractivity contribution in [2.24, 2.45) is 7.05 Å². The first kappa shape index (κ1) is 26.2. The molecule has 0 aliphatic carbocycles. The van der Waals surface area contributed by atoms with Gasteiger partial charge in [0.1, 0.15) is 17.3 Å². The Labute approximate surface area is 204 Å². The van der Waals surface area contributed by atoms with E-state index >= 15 is 0 Å². The number of rotatable bonds is 7. The summed E-state index contributed by atoms with van der Waals surface area (Å²) >= 11 is 3.13. The quantitative estimate of drug-likeness (QED) is 0.381. The molecule has 186 valence electrons. The predicted octanol–water partition coefficient (Wildman–Crippen LogP) is 5.00. The summed E-state index contributed by atoms with van der Waals surface area (Å²) in [5.41, 5.74) is -4.85. The molecule has 3 aromatic rings. The van der Waals surface area contributed by atoms with E-state index in [1.165, 1.54) is 13.0 Å². The fraction of sp³-hybridized carbons (Fsp3) is 0.261. The van der Waals surface area contributed by atoms with Crippen molar-refractivity contribution in [2.45, 2.75) is 32.5 Å². The summed E-state index contributed by atoms with van der Waals surface area (Å²) in [6.45, 7) is 3.14. The fourth-order valence-corrected chi connectivity index (χ4v) is 3.64. The normalized spacial score (nSPS) is 12.3. The van der Waals surface area contributed by atoms with Crippen LogP contribution in [0.3, 0.4) is 0 Å². The van der Waals surface area contributed by atoms with Gasteiger partial charge in [-0.3, -0.25) is 14.2 Å². The molecule has 0 saturated carbocycles. The molecule has 12 heteroatoms. The number of carbonyl (C=O) groups excluding carboxylic acids is 1. The molecule has 0 saturated heterocycles. The minimum Gasteiger partial charge on any atom is -0.479 e. The van der Waals surface area contributed by atoms with Crippen LogP contribution in [0.5, 0.6) is 17.2 Å². The number of nitrogens with zero attached hydrogens (tertiary/aromatic N) is 2. The average Bonchev–Trinajstić information content (AvgIpc) is 2.77. The Kier molecular flexibility index (Phi) is 7.53. The van der Waals surface area contributed by atoms with Crippen molar-refractivity contribution in [3.63, 3.8) is 0 Å². The maximum atomic E-state index is 14.8. The molecule has 2 aromatic carbocycles. The van der Waals surface area contributed by atoms with Crippen LogP contribution in [0.4, 0.5) is 17.6 Å². The number of ketones is 1. The maximum Gasteiger partial charge on any atom is 0.431 e. The summed E-state index contributed by atoms with van der Waals surface area (Å²) in [6.07, 6.45) is -5.30. The van der Waals surface area contributed by atoms with Crippen molar-refractivity contribution in [3.05, 3.63) is 79.3 Å². The van der Waals surface area contributed by atoms with Gasteiger partial charge in [0, 0.05) is 19.2 Å². The molecule has 3 rings (SSSR count). The molecule has 1 aromatic heterocycles. The van der Waals surface area contributed by atoms with Crippen molar-refractivity contribution < 1.29 is 31.8 Å². The van der Waals surface area contributed by atoms with Crippen molar-refractivity contribution in [1.29, 1.82) is 0 Å². The van der Waals surface area contributed by atoms with Gasteiger partial charge in [-0.1, -0.05) is 19.1 Å². The molecule has 0 N–H and O–H groups in total. The number of hydrogen-bond donors (Lipinski definition) is 0. The standard InChI is InChI=1S/C23H19BrF4N2O5/c1-4-16(12(2)31)34-17-7-5-6-8-18(17)35-19-10-15(14(25)9-13(19)24)30-21(32)11-20(23(26,27)28)29(3)22(30)33/h5-11,16H,4H2,1-3H3. The molecule has 0 fully saturated rings. The molecular weight excluding hydrogens is 540 g/mol. The van der Waals surface area contributed by atoms with E-state index < -0.39 is 40.7 Å². The third kappa shape index (κ3) is 5.47. The SMILES string of the molecule is CCC(Oc1ccccc1Oc1cc(-n2c(=O)cc(C(F)(F)F)n(C)c2=O)c(F)cc1Br)C(C)=O. The van der Waals surface area contributed by atoms with Gasteiger partial charge in [0.25, 0.3) is 5.56 Å². The van der Waals surface area contributed by atoms with E-state index in [0.29, 0.717) is 6.42 Å². The number of carbonyl (C=O) groups is 1. The zero-order valence-electron chi connectivity index (χ0n) is 18.7.